The molecule has 0 amide bonds. The Morgan fingerprint density at radius 2 is 1.69 bits per heavy atom. The van der Waals surface area contributed by atoms with Crippen LogP contribution < -0.4 is 0 Å². The van der Waals surface area contributed by atoms with Crippen LogP contribution in [0.1, 0.15) is 12.8 Å². The fraction of sp³-hybridized carbons (Fsp3) is 0.500. The molecule has 74 valence electrons. The van der Waals surface area contributed by atoms with Crippen LogP contribution in [0.2, 0.25) is 0 Å². The SMILES string of the molecule is FC(F)(F)C(F)(F)C1=CC=CCC1. The molecule has 0 bridgehead atoms. The number of alkyl halides is 5. The van der Waals surface area contributed by atoms with E-state index in [0.29, 0.717) is 0 Å². The third-order valence-electron chi connectivity index (χ3n) is 1.77. The minimum absolute atomic E-state index is 0.233. The molecule has 0 saturated carbocycles. The Morgan fingerprint density at radius 1 is 1.08 bits per heavy atom. The van der Waals surface area contributed by atoms with E-state index in [1.807, 2.05) is 0 Å². The van der Waals surface area contributed by atoms with Gasteiger partial charge >= 0.3 is 12.1 Å². The molecule has 0 heterocycles. The second kappa shape index (κ2) is 3.12. The van der Waals surface area contributed by atoms with Crippen molar-refractivity contribution in [2.24, 2.45) is 0 Å². The second-order valence-corrected chi connectivity index (χ2v) is 2.73. The monoisotopic (exact) mass is 198 g/mol. The molecule has 0 radical (unpaired) electrons. The molecule has 0 aliphatic heterocycles. The van der Waals surface area contributed by atoms with E-state index < -0.39 is 17.7 Å². The molecule has 0 aromatic heterocycles. The van der Waals surface area contributed by atoms with Gasteiger partial charge in [-0.2, -0.15) is 22.0 Å². The van der Waals surface area contributed by atoms with Gasteiger partial charge in [0.25, 0.3) is 0 Å². The van der Waals surface area contributed by atoms with Crippen LogP contribution in [-0.4, -0.2) is 12.1 Å². The zero-order valence-corrected chi connectivity index (χ0v) is 6.54. The lowest BCUT2D eigenvalue weighted by Crippen LogP contribution is -2.38. The van der Waals surface area contributed by atoms with Crippen LogP contribution in [0.15, 0.2) is 23.8 Å². The van der Waals surface area contributed by atoms with E-state index in [-0.39, 0.29) is 12.8 Å². The molecule has 0 atom stereocenters. The third kappa shape index (κ3) is 1.89. The summed E-state index contributed by atoms with van der Waals surface area (Å²) in [5.74, 6) is -4.68. The molecule has 0 N–H and O–H groups in total. The van der Waals surface area contributed by atoms with Crippen molar-refractivity contribution in [1.82, 2.24) is 0 Å². The van der Waals surface area contributed by atoms with Crippen LogP contribution in [0.3, 0.4) is 0 Å². The van der Waals surface area contributed by atoms with Crippen molar-refractivity contribution < 1.29 is 22.0 Å². The van der Waals surface area contributed by atoms with Gasteiger partial charge in [0.15, 0.2) is 0 Å². The van der Waals surface area contributed by atoms with Crippen molar-refractivity contribution in [2.45, 2.75) is 24.9 Å². The van der Waals surface area contributed by atoms with Crippen LogP contribution in [0.4, 0.5) is 22.0 Å². The normalized spacial score (nSPS) is 18.7. The topological polar surface area (TPSA) is 0 Å². The highest BCUT2D eigenvalue weighted by molar-refractivity contribution is 5.25. The summed E-state index contributed by atoms with van der Waals surface area (Å²) in [7, 11) is 0. The summed E-state index contributed by atoms with van der Waals surface area (Å²) >= 11 is 0. The van der Waals surface area contributed by atoms with E-state index in [0.717, 1.165) is 6.08 Å². The molecular formula is C8H7F5. The minimum atomic E-state index is -5.48. The summed E-state index contributed by atoms with van der Waals surface area (Å²) in [6.07, 6.45) is -1.88. The smallest absolute Gasteiger partial charge is 0.191 e. The highest BCUT2D eigenvalue weighted by Crippen LogP contribution is 2.43. The van der Waals surface area contributed by atoms with Crippen LogP contribution in [0.5, 0.6) is 0 Å². The Kier molecular flexibility index (Phi) is 2.45. The van der Waals surface area contributed by atoms with E-state index in [9.17, 15) is 22.0 Å². The molecule has 0 saturated heterocycles. The standard InChI is InChI=1S/C8H7F5/c9-7(10,8(11,12)13)6-4-2-1-3-5-6/h1-2,4H,3,5H2. The van der Waals surface area contributed by atoms with Gasteiger partial charge in [0.05, 0.1) is 0 Å². The highest BCUT2D eigenvalue weighted by Gasteiger charge is 2.59. The van der Waals surface area contributed by atoms with Crippen molar-refractivity contribution in [1.29, 1.82) is 0 Å². The maximum Gasteiger partial charge on any atom is 0.457 e. The average Bonchev–Trinajstić information content (AvgIpc) is 2.04. The first kappa shape index (κ1) is 10.2. The van der Waals surface area contributed by atoms with Crippen LogP contribution in [-0.2, 0) is 0 Å². The first-order chi connectivity index (χ1) is 5.86. The van der Waals surface area contributed by atoms with E-state index in [2.05, 4.69) is 0 Å². The molecule has 0 spiro atoms. The molecule has 0 fully saturated rings. The van der Waals surface area contributed by atoms with E-state index in [4.69, 9.17) is 0 Å². The summed E-state index contributed by atoms with van der Waals surface area (Å²) in [6, 6.07) is 0. The zero-order valence-electron chi connectivity index (χ0n) is 6.54. The Labute approximate surface area is 71.7 Å². The second-order valence-electron chi connectivity index (χ2n) is 2.73. The summed E-state index contributed by atoms with van der Waals surface area (Å²) in [5.41, 5.74) is -0.859. The van der Waals surface area contributed by atoms with Gasteiger partial charge in [-0.1, -0.05) is 18.2 Å². The number of hydrogen-bond acceptors (Lipinski definition) is 0. The molecule has 1 aliphatic rings. The fourth-order valence-corrected chi connectivity index (χ4v) is 1.05. The van der Waals surface area contributed by atoms with Gasteiger partial charge < -0.3 is 0 Å². The van der Waals surface area contributed by atoms with Gasteiger partial charge in [-0.05, 0) is 12.8 Å². The molecular weight excluding hydrogens is 191 g/mol. The van der Waals surface area contributed by atoms with Crippen molar-refractivity contribution in [3.63, 3.8) is 0 Å². The van der Waals surface area contributed by atoms with E-state index in [1.165, 1.54) is 6.08 Å². The summed E-state index contributed by atoms with van der Waals surface area (Å²) in [5, 5.41) is 0. The van der Waals surface area contributed by atoms with Gasteiger partial charge in [-0.15, -0.1) is 0 Å². The highest BCUT2D eigenvalue weighted by atomic mass is 19.4. The average molecular weight is 198 g/mol. The molecule has 0 unspecified atom stereocenters. The van der Waals surface area contributed by atoms with E-state index in [1.54, 1.807) is 6.08 Å². The van der Waals surface area contributed by atoms with Gasteiger partial charge in [0.2, 0.25) is 0 Å². The Bertz CT molecular complexity index is 246. The van der Waals surface area contributed by atoms with Gasteiger partial charge in [0, 0.05) is 5.57 Å². The summed E-state index contributed by atoms with van der Waals surface area (Å²) in [6.45, 7) is 0. The molecule has 13 heavy (non-hydrogen) atoms. The maximum absolute atomic E-state index is 12.6. The maximum atomic E-state index is 12.6. The molecule has 0 aromatic carbocycles. The number of allylic oxidation sites excluding steroid dienone is 4. The molecule has 1 aliphatic carbocycles. The number of halogens is 5. The van der Waals surface area contributed by atoms with E-state index >= 15 is 0 Å². The lowest BCUT2D eigenvalue weighted by molar-refractivity contribution is -0.265. The first-order valence-corrected chi connectivity index (χ1v) is 3.66. The molecule has 0 aromatic rings. The molecule has 0 nitrogen and oxygen atoms in total. The first-order valence-electron chi connectivity index (χ1n) is 3.66. The van der Waals surface area contributed by atoms with Crippen LogP contribution in [0.25, 0.3) is 0 Å². The predicted molar refractivity (Wildman–Crippen MR) is 37.5 cm³/mol. The van der Waals surface area contributed by atoms with Gasteiger partial charge in [0.1, 0.15) is 0 Å². The van der Waals surface area contributed by atoms with Gasteiger partial charge in [-0.3, -0.25) is 0 Å². The lowest BCUT2D eigenvalue weighted by Gasteiger charge is -2.23. The largest absolute Gasteiger partial charge is 0.457 e. The minimum Gasteiger partial charge on any atom is -0.191 e. The lowest BCUT2D eigenvalue weighted by atomic mass is 9.99. The number of rotatable bonds is 1. The van der Waals surface area contributed by atoms with Crippen LogP contribution >= 0.6 is 0 Å². The third-order valence-corrected chi connectivity index (χ3v) is 1.77. The summed E-state index contributed by atoms with van der Waals surface area (Å²) < 4.78 is 60.6. The van der Waals surface area contributed by atoms with Crippen molar-refractivity contribution in [2.75, 3.05) is 0 Å². The Hall–Kier alpha value is -0.870. The quantitative estimate of drug-likeness (QED) is 0.566. The van der Waals surface area contributed by atoms with Crippen molar-refractivity contribution in [3.05, 3.63) is 23.8 Å². The zero-order chi connectivity index (χ0) is 10.1. The molecule has 1 rings (SSSR count). The Morgan fingerprint density at radius 3 is 2.08 bits per heavy atom. The van der Waals surface area contributed by atoms with Crippen molar-refractivity contribution in [3.8, 4) is 0 Å². The Balaban J connectivity index is 2.92. The molecule has 5 heteroatoms. The predicted octanol–water partition coefficient (Wildman–Crippen LogP) is 3.46. The number of hydrogen-bond donors (Lipinski definition) is 0. The fourth-order valence-electron chi connectivity index (χ4n) is 1.05. The summed E-state index contributed by atoms with van der Waals surface area (Å²) in [4.78, 5) is 0. The van der Waals surface area contributed by atoms with Gasteiger partial charge in [-0.25, -0.2) is 0 Å². The van der Waals surface area contributed by atoms with Crippen molar-refractivity contribution >= 4 is 0 Å². The van der Waals surface area contributed by atoms with Crippen LogP contribution in [0, 0.1) is 0 Å².